The molecule has 0 aliphatic carbocycles. The SMILES string of the molecule is O=C(NCCCC1C(=O)SC(=Cc2ccc(Sc3nc4ccccc4[nH]3)o2)C1=O)Nc1ccccc1. The summed E-state index contributed by atoms with van der Waals surface area (Å²) in [6.07, 6.45) is 2.50. The van der Waals surface area contributed by atoms with Gasteiger partial charge < -0.3 is 20.0 Å². The Bertz CT molecular complexity index is 1410. The first-order valence-electron chi connectivity index (χ1n) is 11.3. The lowest BCUT2D eigenvalue weighted by atomic mass is 9.99. The number of hydrogen-bond acceptors (Lipinski definition) is 7. The zero-order chi connectivity index (χ0) is 24.9. The van der Waals surface area contributed by atoms with Crippen LogP contribution in [-0.2, 0) is 9.59 Å². The van der Waals surface area contributed by atoms with Gasteiger partial charge in [0.25, 0.3) is 0 Å². The number of benzene rings is 2. The van der Waals surface area contributed by atoms with Crippen LogP contribution in [0, 0.1) is 5.92 Å². The van der Waals surface area contributed by atoms with Crippen molar-refractivity contribution in [1.82, 2.24) is 15.3 Å². The topological polar surface area (TPSA) is 117 Å². The van der Waals surface area contributed by atoms with E-state index in [-0.39, 0.29) is 16.9 Å². The number of urea groups is 1. The number of carbonyl (C=O) groups is 3. The number of amides is 2. The molecular weight excluding hydrogens is 496 g/mol. The van der Waals surface area contributed by atoms with Crippen LogP contribution >= 0.6 is 23.5 Å². The van der Waals surface area contributed by atoms with Gasteiger partial charge in [-0.2, -0.15) is 0 Å². The molecule has 1 fully saturated rings. The van der Waals surface area contributed by atoms with E-state index < -0.39 is 5.92 Å². The normalized spacial score (nSPS) is 16.7. The van der Waals surface area contributed by atoms with E-state index in [9.17, 15) is 14.4 Å². The van der Waals surface area contributed by atoms with E-state index in [1.165, 1.54) is 11.8 Å². The molecule has 2 aromatic heterocycles. The van der Waals surface area contributed by atoms with Gasteiger partial charge >= 0.3 is 6.03 Å². The van der Waals surface area contributed by atoms with Crippen LogP contribution in [0.4, 0.5) is 10.5 Å². The Labute approximate surface area is 215 Å². The van der Waals surface area contributed by atoms with E-state index in [1.807, 2.05) is 42.5 Å². The summed E-state index contributed by atoms with van der Waals surface area (Å²) in [5.74, 6) is -0.418. The third-order valence-electron chi connectivity index (χ3n) is 5.48. The number of fused-ring (bicyclic) bond motifs is 1. The smallest absolute Gasteiger partial charge is 0.319 e. The number of allylic oxidation sites excluding steroid dienone is 1. The highest BCUT2D eigenvalue weighted by atomic mass is 32.2. The van der Waals surface area contributed by atoms with Crippen molar-refractivity contribution in [2.75, 3.05) is 11.9 Å². The van der Waals surface area contributed by atoms with Gasteiger partial charge in [0.1, 0.15) is 5.76 Å². The van der Waals surface area contributed by atoms with E-state index in [1.54, 1.807) is 30.3 Å². The van der Waals surface area contributed by atoms with Crippen molar-refractivity contribution >= 4 is 63.3 Å². The Hall–Kier alpha value is -3.76. The summed E-state index contributed by atoms with van der Waals surface area (Å²) in [5, 5.41) is 6.63. The first-order valence-corrected chi connectivity index (χ1v) is 13.0. The molecule has 2 aromatic carbocycles. The number of imidazole rings is 1. The van der Waals surface area contributed by atoms with Gasteiger partial charge in [-0.05, 0) is 78.8 Å². The molecule has 1 aliphatic heterocycles. The van der Waals surface area contributed by atoms with Gasteiger partial charge in [0.15, 0.2) is 16.0 Å². The monoisotopic (exact) mass is 518 g/mol. The van der Waals surface area contributed by atoms with Crippen molar-refractivity contribution < 1.29 is 18.8 Å². The number of aromatic nitrogens is 2. The number of para-hydroxylation sites is 3. The lowest BCUT2D eigenvalue weighted by Gasteiger charge is -2.08. The van der Waals surface area contributed by atoms with Crippen LogP contribution in [0.2, 0.25) is 0 Å². The van der Waals surface area contributed by atoms with Gasteiger partial charge in [0, 0.05) is 12.2 Å². The lowest BCUT2D eigenvalue weighted by Crippen LogP contribution is -2.30. The predicted octanol–water partition coefficient (Wildman–Crippen LogP) is 5.71. The Morgan fingerprint density at radius 2 is 1.89 bits per heavy atom. The molecule has 0 spiro atoms. The highest BCUT2D eigenvalue weighted by molar-refractivity contribution is 8.18. The molecule has 1 saturated heterocycles. The highest BCUT2D eigenvalue weighted by Gasteiger charge is 2.37. The number of carbonyl (C=O) groups excluding carboxylic acids is 3. The molecule has 5 rings (SSSR count). The Morgan fingerprint density at radius 1 is 1.08 bits per heavy atom. The molecule has 182 valence electrons. The van der Waals surface area contributed by atoms with Gasteiger partial charge in [-0.15, -0.1) is 0 Å². The summed E-state index contributed by atoms with van der Waals surface area (Å²) in [6.45, 7) is 0.361. The number of aromatic amines is 1. The predicted molar refractivity (Wildman–Crippen MR) is 141 cm³/mol. The van der Waals surface area contributed by atoms with Gasteiger partial charge in [-0.25, -0.2) is 9.78 Å². The molecule has 0 saturated carbocycles. The zero-order valence-corrected chi connectivity index (χ0v) is 20.7. The molecule has 3 N–H and O–H groups in total. The summed E-state index contributed by atoms with van der Waals surface area (Å²) in [6, 6.07) is 20.1. The first kappa shape index (κ1) is 24.0. The molecule has 1 atom stereocenters. The third-order valence-corrected chi connectivity index (χ3v) is 7.31. The van der Waals surface area contributed by atoms with Crippen molar-refractivity contribution in [2.45, 2.75) is 23.1 Å². The second-order valence-corrected chi connectivity index (χ2v) is 10.1. The summed E-state index contributed by atoms with van der Waals surface area (Å²) in [5.41, 5.74) is 2.51. The molecular formula is C26H22N4O4S2. The van der Waals surface area contributed by atoms with E-state index in [2.05, 4.69) is 20.6 Å². The summed E-state index contributed by atoms with van der Waals surface area (Å²) in [7, 11) is 0. The van der Waals surface area contributed by atoms with Gasteiger partial charge in [0.2, 0.25) is 5.12 Å². The van der Waals surface area contributed by atoms with E-state index in [0.29, 0.717) is 46.0 Å². The average molecular weight is 519 g/mol. The third kappa shape index (κ3) is 5.72. The summed E-state index contributed by atoms with van der Waals surface area (Å²) in [4.78, 5) is 45.3. The van der Waals surface area contributed by atoms with Crippen LogP contribution in [0.3, 0.4) is 0 Å². The number of hydrogen-bond donors (Lipinski definition) is 3. The van der Waals surface area contributed by atoms with Crippen LogP contribution in [0.5, 0.6) is 0 Å². The maximum absolute atomic E-state index is 12.8. The minimum Gasteiger partial charge on any atom is -0.450 e. The molecule has 0 radical (unpaired) electrons. The number of furan rings is 1. The number of H-pyrrole nitrogens is 1. The Morgan fingerprint density at radius 3 is 2.72 bits per heavy atom. The second-order valence-electron chi connectivity index (χ2n) is 8.05. The molecule has 3 heterocycles. The fourth-order valence-corrected chi connectivity index (χ4v) is 5.50. The van der Waals surface area contributed by atoms with Crippen molar-refractivity contribution in [3.05, 3.63) is 77.4 Å². The number of nitrogens with zero attached hydrogens (tertiary/aromatic N) is 1. The van der Waals surface area contributed by atoms with Crippen LogP contribution in [0.1, 0.15) is 18.6 Å². The number of ketones is 1. The lowest BCUT2D eigenvalue weighted by molar-refractivity contribution is -0.124. The molecule has 1 aliphatic rings. The van der Waals surface area contributed by atoms with Crippen molar-refractivity contribution in [3.8, 4) is 0 Å². The van der Waals surface area contributed by atoms with E-state index in [4.69, 9.17) is 4.42 Å². The van der Waals surface area contributed by atoms with E-state index >= 15 is 0 Å². The Kier molecular flexibility index (Phi) is 7.24. The Balaban J connectivity index is 1.12. The maximum atomic E-state index is 12.8. The molecule has 1 unspecified atom stereocenters. The number of nitrogens with one attached hydrogen (secondary N) is 3. The first-order chi connectivity index (χ1) is 17.5. The summed E-state index contributed by atoms with van der Waals surface area (Å²) < 4.78 is 5.83. The van der Waals surface area contributed by atoms with Gasteiger partial charge in [-0.3, -0.25) is 9.59 Å². The van der Waals surface area contributed by atoms with Gasteiger partial charge in [0.05, 0.1) is 21.9 Å². The number of thioether (sulfide) groups is 1. The van der Waals surface area contributed by atoms with Crippen molar-refractivity contribution in [3.63, 3.8) is 0 Å². The standard InChI is InChI=1S/C26H22N4O4S2/c31-23-18(9-6-14-27-25(33)28-16-7-2-1-3-8-16)24(32)35-21(23)15-17-12-13-22(34-17)36-26-29-19-10-4-5-11-20(19)30-26/h1-5,7-8,10-13,15,18H,6,9,14H2,(H,29,30)(H2,27,28,33). The fraction of sp³-hybridized carbons (Fsp3) is 0.154. The molecule has 8 nitrogen and oxygen atoms in total. The average Bonchev–Trinajstić information content (AvgIpc) is 3.56. The highest BCUT2D eigenvalue weighted by Crippen LogP contribution is 2.38. The van der Waals surface area contributed by atoms with Crippen molar-refractivity contribution in [1.29, 1.82) is 0 Å². The quantitative estimate of drug-likeness (QED) is 0.155. The largest absolute Gasteiger partial charge is 0.450 e. The van der Waals surface area contributed by atoms with Gasteiger partial charge in [-0.1, -0.05) is 30.3 Å². The molecule has 2 amide bonds. The molecule has 4 aromatic rings. The molecule has 36 heavy (non-hydrogen) atoms. The maximum Gasteiger partial charge on any atom is 0.319 e. The minimum atomic E-state index is -0.709. The minimum absolute atomic E-state index is 0.177. The van der Waals surface area contributed by atoms with E-state index in [0.717, 1.165) is 22.8 Å². The number of rotatable bonds is 8. The fourth-order valence-electron chi connectivity index (χ4n) is 3.73. The number of anilines is 1. The van der Waals surface area contributed by atoms with Crippen molar-refractivity contribution in [2.24, 2.45) is 5.92 Å². The van der Waals surface area contributed by atoms with Crippen LogP contribution < -0.4 is 10.6 Å². The summed E-state index contributed by atoms with van der Waals surface area (Å²) >= 11 is 2.30. The molecule has 10 heteroatoms. The molecule has 0 bridgehead atoms. The van der Waals surface area contributed by atoms with Crippen LogP contribution in [0.15, 0.2) is 86.3 Å². The van der Waals surface area contributed by atoms with Crippen LogP contribution in [0.25, 0.3) is 17.1 Å². The number of Topliss-reactive ketones (excluding diaryl/α,β-unsaturated/α-hetero) is 1. The second kappa shape index (κ2) is 10.9. The van der Waals surface area contributed by atoms with Crippen LogP contribution in [-0.4, -0.2) is 33.4 Å². The zero-order valence-electron chi connectivity index (χ0n) is 19.0.